The van der Waals surface area contributed by atoms with Crippen molar-refractivity contribution in [3.05, 3.63) is 71.0 Å². The molecule has 1 atom stereocenters. The number of halogens is 1. The predicted octanol–water partition coefficient (Wildman–Crippen LogP) is 5.01. The third-order valence-corrected chi connectivity index (χ3v) is 3.73. The van der Waals surface area contributed by atoms with Gasteiger partial charge in [0, 0.05) is 12.6 Å². The maximum absolute atomic E-state index is 13.3. The van der Waals surface area contributed by atoms with Crippen molar-refractivity contribution in [1.29, 1.82) is 0 Å². The Morgan fingerprint density at radius 3 is 2.29 bits per heavy atom. The van der Waals surface area contributed by atoms with Crippen LogP contribution >= 0.6 is 0 Å². The van der Waals surface area contributed by atoms with E-state index in [0.717, 1.165) is 12.1 Å². The molecule has 2 aromatic carbocycles. The SMILES string of the molecule is Cc1cc(CNC(c2ccccc2)C(C)(C)C)ccc1F. The number of benzene rings is 2. The summed E-state index contributed by atoms with van der Waals surface area (Å²) in [4.78, 5) is 0. The normalized spacial score (nSPS) is 13.2. The van der Waals surface area contributed by atoms with Gasteiger partial charge in [0.2, 0.25) is 0 Å². The van der Waals surface area contributed by atoms with Crippen LogP contribution in [0.25, 0.3) is 0 Å². The molecule has 2 rings (SSSR count). The Morgan fingerprint density at radius 2 is 1.71 bits per heavy atom. The lowest BCUT2D eigenvalue weighted by atomic mass is 9.82. The van der Waals surface area contributed by atoms with Crippen molar-refractivity contribution in [3.8, 4) is 0 Å². The van der Waals surface area contributed by atoms with Gasteiger partial charge in [0.05, 0.1) is 0 Å². The average Bonchev–Trinajstić information content (AvgIpc) is 2.43. The highest BCUT2D eigenvalue weighted by atomic mass is 19.1. The first-order valence-electron chi connectivity index (χ1n) is 7.41. The van der Waals surface area contributed by atoms with Crippen molar-refractivity contribution >= 4 is 0 Å². The smallest absolute Gasteiger partial charge is 0.126 e. The van der Waals surface area contributed by atoms with E-state index >= 15 is 0 Å². The van der Waals surface area contributed by atoms with Gasteiger partial charge in [-0.25, -0.2) is 4.39 Å². The van der Waals surface area contributed by atoms with E-state index in [1.807, 2.05) is 18.2 Å². The number of nitrogens with one attached hydrogen (secondary N) is 1. The topological polar surface area (TPSA) is 12.0 Å². The Bertz CT molecular complexity index is 584. The molecular formula is C19H24FN. The largest absolute Gasteiger partial charge is 0.305 e. The summed E-state index contributed by atoms with van der Waals surface area (Å²) in [6.45, 7) is 9.23. The molecule has 2 aromatic rings. The number of hydrogen-bond acceptors (Lipinski definition) is 1. The molecule has 0 bridgehead atoms. The fourth-order valence-electron chi connectivity index (χ4n) is 2.61. The number of hydrogen-bond donors (Lipinski definition) is 1. The van der Waals surface area contributed by atoms with E-state index in [-0.39, 0.29) is 17.3 Å². The van der Waals surface area contributed by atoms with Gasteiger partial charge in [-0.15, -0.1) is 0 Å². The second-order valence-corrected chi connectivity index (χ2v) is 6.67. The number of aryl methyl sites for hydroxylation is 1. The van der Waals surface area contributed by atoms with Gasteiger partial charge in [-0.2, -0.15) is 0 Å². The predicted molar refractivity (Wildman–Crippen MR) is 86.6 cm³/mol. The Kier molecular flexibility index (Phi) is 4.79. The van der Waals surface area contributed by atoms with E-state index in [1.165, 1.54) is 5.56 Å². The van der Waals surface area contributed by atoms with Crippen LogP contribution in [0.15, 0.2) is 48.5 Å². The summed E-state index contributed by atoms with van der Waals surface area (Å²) in [5, 5.41) is 3.62. The molecule has 0 amide bonds. The molecule has 1 nitrogen and oxygen atoms in total. The quantitative estimate of drug-likeness (QED) is 0.832. The van der Waals surface area contributed by atoms with Gasteiger partial charge >= 0.3 is 0 Å². The van der Waals surface area contributed by atoms with Crippen molar-refractivity contribution < 1.29 is 4.39 Å². The highest BCUT2D eigenvalue weighted by Crippen LogP contribution is 2.32. The van der Waals surface area contributed by atoms with E-state index in [1.54, 1.807) is 13.0 Å². The van der Waals surface area contributed by atoms with Crippen LogP contribution in [0.1, 0.15) is 43.5 Å². The van der Waals surface area contributed by atoms with Crippen LogP contribution in [-0.4, -0.2) is 0 Å². The van der Waals surface area contributed by atoms with E-state index in [4.69, 9.17) is 0 Å². The Morgan fingerprint density at radius 1 is 1.05 bits per heavy atom. The minimum Gasteiger partial charge on any atom is -0.305 e. The lowest BCUT2D eigenvalue weighted by molar-refractivity contribution is 0.271. The minimum absolute atomic E-state index is 0.108. The number of rotatable bonds is 4. The molecular weight excluding hydrogens is 261 g/mol. The summed E-state index contributed by atoms with van der Waals surface area (Å²) >= 11 is 0. The van der Waals surface area contributed by atoms with Gasteiger partial charge < -0.3 is 5.32 Å². The third kappa shape index (κ3) is 4.15. The zero-order chi connectivity index (χ0) is 15.5. The van der Waals surface area contributed by atoms with Crippen molar-refractivity contribution in [2.45, 2.75) is 40.3 Å². The van der Waals surface area contributed by atoms with Crippen LogP contribution in [-0.2, 0) is 6.54 Å². The van der Waals surface area contributed by atoms with E-state index in [9.17, 15) is 4.39 Å². The van der Waals surface area contributed by atoms with Crippen LogP contribution in [0.5, 0.6) is 0 Å². The van der Waals surface area contributed by atoms with Crippen LogP contribution in [0.2, 0.25) is 0 Å². The molecule has 0 aliphatic rings. The molecule has 0 aliphatic heterocycles. The second-order valence-electron chi connectivity index (χ2n) is 6.67. The van der Waals surface area contributed by atoms with Gasteiger partial charge in [0.1, 0.15) is 5.82 Å². The first-order valence-corrected chi connectivity index (χ1v) is 7.41. The minimum atomic E-state index is -0.144. The molecule has 0 aromatic heterocycles. The third-order valence-electron chi connectivity index (χ3n) is 3.73. The first kappa shape index (κ1) is 15.7. The maximum atomic E-state index is 13.3. The van der Waals surface area contributed by atoms with Crippen molar-refractivity contribution in [3.63, 3.8) is 0 Å². The monoisotopic (exact) mass is 285 g/mol. The lowest BCUT2D eigenvalue weighted by Gasteiger charge is -2.32. The van der Waals surface area contributed by atoms with Gasteiger partial charge in [0.15, 0.2) is 0 Å². The molecule has 0 radical (unpaired) electrons. The molecule has 2 heteroatoms. The Balaban J connectivity index is 2.15. The van der Waals surface area contributed by atoms with Gasteiger partial charge in [0.25, 0.3) is 0 Å². The Labute approximate surface area is 127 Å². The highest BCUT2D eigenvalue weighted by Gasteiger charge is 2.25. The second kappa shape index (κ2) is 6.40. The first-order chi connectivity index (χ1) is 9.88. The molecule has 0 aliphatic carbocycles. The summed E-state index contributed by atoms with van der Waals surface area (Å²) in [5.74, 6) is -0.144. The van der Waals surface area contributed by atoms with Crippen molar-refractivity contribution in [2.24, 2.45) is 5.41 Å². The van der Waals surface area contributed by atoms with Crippen LogP contribution in [0.3, 0.4) is 0 Å². The van der Waals surface area contributed by atoms with Gasteiger partial charge in [-0.05, 0) is 35.1 Å². The molecule has 0 fully saturated rings. The molecule has 1 N–H and O–H groups in total. The molecule has 0 spiro atoms. The summed E-state index contributed by atoms with van der Waals surface area (Å²) in [6.07, 6.45) is 0. The summed E-state index contributed by atoms with van der Waals surface area (Å²) < 4.78 is 13.3. The van der Waals surface area contributed by atoms with E-state index in [0.29, 0.717) is 5.56 Å². The van der Waals surface area contributed by atoms with Crippen molar-refractivity contribution in [2.75, 3.05) is 0 Å². The summed E-state index contributed by atoms with van der Waals surface area (Å²) in [7, 11) is 0. The lowest BCUT2D eigenvalue weighted by Crippen LogP contribution is -2.32. The van der Waals surface area contributed by atoms with Gasteiger partial charge in [-0.3, -0.25) is 0 Å². The zero-order valence-corrected chi connectivity index (χ0v) is 13.3. The standard InChI is InChI=1S/C19H24FN/c1-14-12-15(10-11-17(14)20)13-21-18(19(2,3)4)16-8-6-5-7-9-16/h5-12,18,21H,13H2,1-4H3. The fraction of sp³-hybridized carbons (Fsp3) is 0.368. The van der Waals surface area contributed by atoms with Crippen LogP contribution in [0.4, 0.5) is 4.39 Å². The fourth-order valence-corrected chi connectivity index (χ4v) is 2.61. The molecule has 0 saturated carbocycles. The summed E-state index contributed by atoms with van der Waals surface area (Å²) in [5.41, 5.74) is 3.19. The molecule has 21 heavy (non-hydrogen) atoms. The van der Waals surface area contributed by atoms with Crippen molar-refractivity contribution in [1.82, 2.24) is 5.32 Å². The Hall–Kier alpha value is -1.67. The maximum Gasteiger partial charge on any atom is 0.126 e. The average molecular weight is 285 g/mol. The van der Waals surface area contributed by atoms with Crippen LogP contribution in [0, 0.1) is 18.2 Å². The van der Waals surface area contributed by atoms with E-state index < -0.39 is 0 Å². The molecule has 112 valence electrons. The molecule has 0 heterocycles. The summed E-state index contributed by atoms with van der Waals surface area (Å²) in [6, 6.07) is 16.0. The van der Waals surface area contributed by atoms with E-state index in [2.05, 4.69) is 50.4 Å². The van der Waals surface area contributed by atoms with Crippen LogP contribution < -0.4 is 5.32 Å². The highest BCUT2D eigenvalue weighted by molar-refractivity contribution is 5.25. The molecule has 1 unspecified atom stereocenters. The molecule has 0 saturated heterocycles. The van der Waals surface area contributed by atoms with Gasteiger partial charge in [-0.1, -0.05) is 63.2 Å². The zero-order valence-electron chi connectivity index (χ0n) is 13.3.